The number of hydrogen-bond acceptors (Lipinski definition) is 5. The number of nitrogens with zero attached hydrogens (tertiary/aromatic N) is 1. The number of sulfonamides is 1. The molecule has 0 unspecified atom stereocenters. The lowest BCUT2D eigenvalue weighted by Crippen LogP contribution is -2.31. The Bertz CT molecular complexity index is 958. The molecule has 0 aliphatic rings. The van der Waals surface area contributed by atoms with Gasteiger partial charge in [-0.05, 0) is 42.3 Å². The van der Waals surface area contributed by atoms with Crippen molar-refractivity contribution in [2.45, 2.75) is 18.4 Å². The zero-order chi connectivity index (χ0) is 20.2. The summed E-state index contributed by atoms with van der Waals surface area (Å²) >= 11 is 0. The summed E-state index contributed by atoms with van der Waals surface area (Å²) in [6, 6.07) is 9.49. The van der Waals surface area contributed by atoms with Crippen molar-refractivity contribution in [3.05, 3.63) is 65.0 Å². The standard InChI is InChI=1S/C18H19FN2O5S/c1-12-3-8-15(27(20,24)25)9-16(12)18(23)26-11-17(22)21(2)10-13-4-6-14(19)7-5-13/h3-9H,10-11H2,1-2H3,(H2,20,24,25). The van der Waals surface area contributed by atoms with Crippen molar-refractivity contribution >= 4 is 21.9 Å². The highest BCUT2D eigenvalue weighted by molar-refractivity contribution is 7.89. The van der Waals surface area contributed by atoms with Crippen LogP contribution in [0.5, 0.6) is 0 Å². The van der Waals surface area contributed by atoms with Crippen molar-refractivity contribution < 1.29 is 27.1 Å². The largest absolute Gasteiger partial charge is 0.452 e. The number of benzene rings is 2. The maximum Gasteiger partial charge on any atom is 0.338 e. The molecule has 9 heteroatoms. The van der Waals surface area contributed by atoms with Gasteiger partial charge in [0.1, 0.15) is 5.82 Å². The molecular formula is C18H19FN2O5S. The molecule has 0 heterocycles. The summed E-state index contributed by atoms with van der Waals surface area (Å²) in [5.74, 6) is -1.67. The van der Waals surface area contributed by atoms with Gasteiger partial charge in [0, 0.05) is 13.6 Å². The maximum absolute atomic E-state index is 12.9. The number of carbonyl (C=O) groups excluding carboxylic acids is 2. The first-order valence-electron chi connectivity index (χ1n) is 7.87. The summed E-state index contributed by atoms with van der Waals surface area (Å²) in [6.45, 7) is 1.30. The first-order chi connectivity index (χ1) is 12.6. The molecule has 2 aromatic carbocycles. The number of halogens is 1. The van der Waals surface area contributed by atoms with E-state index in [2.05, 4.69) is 0 Å². The first-order valence-corrected chi connectivity index (χ1v) is 9.41. The van der Waals surface area contributed by atoms with E-state index < -0.39 is 28.5 Å². The molecule has 2 rings (SSSR count). The molecule has 0 saturated carbocycles. The van der Waals surface area contributed by atoms with E-state index >= 15 is 0 Å². The average molecular weight is 394 g/mol. The van der Waals surface area contributed by atoms with Crippen molar-refractivity contribution in [1.29, 1.82) is 0 Å². The van der Waals surface area contributed by atoms with Crippen LogP contribution in [0.3, 0.4) is 0 Å². The van der Waals surface area contributed by atoms with E-state index in [0.29, 0.717) is 5.56 Å². The number of carbonyl (C=O) groups is 2. The number of aryl methyl sites for hydroxylation is 1. The fourth-order valence-electron chi connectivity index (χ4n) is 2.27. The molecule has 0 aliphatic carbocycles. The highest BCUT2D eigenvalue weighted by Gasteiger charge is 2.18. The Hall–Kier alpha value is -2.78. The number of hydrogen-bond donors (Lipinski definition) is 1. The van der Waals surface area contributed by atoms with Crippen molar-refractivity contribution in [3.63, 3.8) is 0 Å². The van der Waals surface area contributed by atoms with Gasteiger partial charge < -0.3 is 9.64 Å². The van der Waals surface area contributed by atoms with Crippen LogP contribution in [0, 0.1) is 12.7 Å². The van der Waals surface area contributed by atoms with Gasteiger partial charge in [0.05, 0.1) is 10.5 Å². The molecule has 27 heavy (non-hydrogen) atoms. The number of esters is 1. The summed E-state index contributed by atoms with van der Waals surface area (Å²) in [6.07, 6.45) is 0. The van der Waals surface area contributed by atoms with Gasteiger partial charge in [-0.15, -0.1) is 0 Å². The van der Waals surface area contributed by atoms with Gasteiger partial charge in [0.25, 0.3) is 5.91 Å². The van der Waals surface area contributed by atoms with Crippen molar-refractivity contribution in [3.8, 4) is 0 Å². The van der Waals surface area contributed by atoms with Gasteiger partial charge >= 0.3 is 5.97 Å². The lowest BCUT2D eigenvalue weighted by molar-refractivity contribution is -0.133. The third-order valence-electron chi connectivity index (χ3n) is 3.84. The van der Waals surface area contributed by atoms with Crippen LogP contribution in [-0.2, 0) is 26.1 Å². The van der Waals surface area contributed by atoms with E-state index in [-0.39, 0.29) is 22.8 Å². The van der Waals surface area contributed by atoms with Gasteiger partial charge in [-0.2, -0.15) is 0 Å². The lowest BCUT2D eigenvalue weighted by Gasteiger charge is -2.17. The molecule has 0 bridgehead atoms. The Morgan fingerprint density at radius 2 is 1.78 bits per heavy atom. The minimum atomic E-state index is -3.97. The zero-order valence-electron chi connectivity index (χ0n) is 14.8. The third-order valence-corrected chi connectivity index (χ3v) is 4.75. The maximum atomic E-state index is 12.9. The molecule has 144 valence electrons. The highest BCUT2D eigenvalue weighted by Crippen LogP contribution is 2.16. The van der Waals surface area contributed by atoms with Gasteiger partial charge in [-0.1, -0.05) is 18.2 Å². The fraction of sp³-hybridized carbons (Fsp3) is 0.222. The van der Waals surface area contributed by atoms with Crippen LogP contribution in [0.2, 0.25) is 0 Å². The second kappa shape index (κ2) is 8.28. The van der Waals surface area contributed by atoms with Crippen LogP contribution < -0.4 is 5.14 Å². The molecule has 0 fully saturated rings. The van der Waals surface area contributed by atoms with Crippen molar-refractivity contribution in [2.24, 2.45) is 5.14 Å². The average Bonchev–Trinajstić information content (AvgIpc) is 2.60. The lowest BCUT2D eigenvalue weighted by atomic mass is 10.1. The number of rotatable bonds is 6. The summed E-state index contributed by atoms with van der Waals surface area (Å²) in [5.41, 5.74) is 1.21. The zero-order valence-corrected chi connectivity index (χ0v) is 15.6. The Kier molecular flexibility index (Phi) is 6.29. The number of primary sulfonamides is 1. The Morgan fingerprint density at radius 1 is 1.15 bits per heavy atom. The highest BCUT2D eigenvalue weighted by atomic mass is 32.2. The van der Waals surface area contributed by atoms with Crippen molar-refractivity contribution in [1.82, 2.24) is 4.90 Å². The van der Waals surface area contributed by atoms with E-state index in [0.717, 1.165) is 11.6 Å². The summed E-state index contributed by atoms with van der Waals surface area (Å²) < 4.78 is 40.7. The second-order valence-electron chi connectivity index (χ2n) is 5.97. The Balaban J connectivity index is 2.00. The van der Waals surface area contributed by atoms with Crippen LogP contribution in [0.25, 0.3) is 0 Å². The molecular weight excluding hydrogens is 375 g/mol. The second-order valence-corrected chi connectivity index (χ2v) is 7.54. The number of nitrogens with two attached hydrogens (primary N) is 1. The minimum Gasteiger partial charge on any atom is -0.452 e. The smallest absolute Gasteiger partial charge is 0.338 e. The molecule has 2 aromatic rings. The van der Waals surface area contributed by atoms with Crippen LogP contribution in [0.1, 0.15) is 21.5 Å². The molecule has 7 nitrogen and oxygen atoms in total. The van der Waals surface area contributed by atoms with E-state index in [1.165, 1.54) is 36.2 Å². The molecule has 0 atom stereocenters. The molecule has 0 saturated heterocycles. The first kappa shape index (κ1) is 20.5. The fourth-order valence-corrected chi connectivity index (χ4v) is 2.80. The van der Waals surface area contributed by atoms with E-state index in [9.17, 15) is 22.4 Å². The van der Waals surface area contributed by atoms with E-state index in [1.54, 1.807) is 19.1 Å². The topological polar surface area (TPSA) is 107 Å². The Labute approximate surface area is 156 Å². The van der Waals surface area contributed by atoms with Crippen molar-refractivity contribution in [2.75, 3.05) is 13.7 Å². The van der Waals surface area contributed by atoms with Crippen LogP contribution in [0.4, 0.5) is 4.39 Å². The normalized spacial score (nSPS) is 11.1. The Morgan fingerprint density at radius 3 is 2.37 bits per heavy atom. The molecule has 0 aliphatic heterocycles. The van der Waals surface area contributed by atoms with Crippen LogP contribution in [0.15, 0.2) is 47.4 Å². The predicted octanol–water partition coefficient (Wildman–Crippen LogP) is 1.60. The number of amides is 1. The number of likely N-dealkylation sites (N-methyl/N-ethyl adjacent to an activating group) is 1. The monoisotopic (exact) mass is 394 g/mol. The SMILES string of the molecule is Cc1ccc(S(N)(=O)=O)cc1C(=O)OCC(=O)N(C)Cc1ccc(F)cc1. The molecule has 1 amide bonds. The van der Waals surface area contributed by atoms with Gasteiger partial charge in [-0.3, -0.25) is 4.79 Å². The third kappa shape index (κ3) is 5.60. The molecule has 2 N–H and O–H groups in total. The predicted molar refractivity (Wildman–Crippen MR) is 95.7 cm³/mol. The summed E-state index contributed by atoms with van der Waals surface area (Å²) in [4.78, 5) is 25.4. The number of ether oxygens (including phenoxy) is 1. The van der Waals surface area contributed by atoms with Gasteiger partial charge in [0.15, 0.2) is 6.61 Å². The molecule has 0 aromatic heterocycles. The molecule has 0 radical (unpaired) electrons. The summed E-state index contributed by atoms with van der Waals surface area (Å²) in [5, 5.41) is 5.06. The summed E-state index contributed by atoms with van der Waals surface area (Å²) in [7, 11) is -2.45. The van der Waals surface area contributed by atoms with Crippen LogP contribution >= 0.6 is 0 Å². The van der Waals surface area contributed by atoms with Crippen LogP contribution in [-0.4, -0.2) is 38.8 Å². The quantitative estimate of drug-likeness (QED) is 0.749. The van der Waals surface area contributed by atoms with Gasteiger partial charge in [-0.25, -0.2) is 22.7 Å². The molecule has 0 spiro atoms. The van der Waals surface area contributed by atoms with E-state index in [4.69, 9.17) is 9.88 Å². The van der Waals surface area contributed by atoms with Gasteiger partial charge in [0.2, 0.25) is 10.0 Å². The van der Waals surface area contributed by atoms with E-state index in [1.807, 2.05) is 0 Å². The minimum absolute atomic E-state index is 0.00973.